The zero-order valence-electron chi connectivity index (χ0n) is 21.1. The Kier molecular flexibility index (Phi) is 7.00. The highest BCUT2D eigenvalue weighted by atomic mass is 16.5. The van der Waals surface area contributed by atoms with Crippen molar-refractivity contribution in [2.45, 2.75) is 20.8 Å². The molecule has 5 aromatic rings. The molecule has 0 aliphatic rings. The minimum Gasteiger partial charge on any atom is -0.491 e. The number of aryl methyl sites for hydroxylation is 2. The van der Waals surface area contributed by atoms with E-state index < -0.39 is 0 Å². The summed E-state index contributed by atoms with van der Waals surface area (Å²) in [6, 6.07) is 17.2. The highest BCUT2D eigenvalue weighted by molar-refractivity contribution is 6.05. The lowest BCUT2D eigenvalue weighted by Crippen LogP contribution is -2.14. The maximum Gasteiger partial charge on any atom is 0.255 e. The van der Waals surface area contributed by atoms with Crippen molar-refractivity contribution in [3.05, 3.63) is 96.1 Å². The van der Waals surface area contributed by atoms with Gasteiger partial charge in [0.05, 0.1) is 18.0 Å². The second-order valence-electron chi connectivity index (χ2n) is 8.72. The van der Waals surface area contributed by atoms with Gasteiger partial charge in [0.25, 0.3) is 5.91 Å². The zero-order chi connectivity index (χ0) is 25.8. The van der Waals surface area contributed by atoms with E-state index >= 15 is 0 Å². The van der Waals surface area contributed by atoms with Crippen LogP contribution >= 0.6 is 0 Å². The molecular formula is C29H29N5O3. The van der Waals surface area contributed by atoms with Crippen molar-refractivity contribution in [1.82, 2.24) is 19.2 Å². The summed E-state index contributed by atoms with van der Waals surface area (Å²) in [5.41, 5.74) is 7.01. The van der Waals surface area contributed by atoms with Gasteiger partial charge in [0.1, 0.15) is 18.0 Å². The average molecular weight is 496 g/mol. The molecule has 0 fully saturated rings. The number of hydrogen-bond acceptors (Lipinski definition) is 5. The molecule has 0 bridgehead atoms. The molecule has 0 spiro atoms. The fourth-order valence-electron chi connectivity index (χ4n) is 4.26. The number of fused-ring (bicyclic) bond motifs is 1. The van der Waals surface area contributed by atoms with Gasteiger partial charge in [0.2, 0.25) is 0 Å². The number of benzene rings is 2. The number of nitrogens with one attached hydrogen (secondary N) is 1. The van der Waals surface area contributed by atoms with E-state index in [1.807, 2.05) is 67.2 Å². The molecule has 188 valence electrons. The lowest BCUT2D eigenvalue weighted by Gasteiger charge is -2.15. The van der Waals surface area contributed by atoms with Crippen LogP contribution < -0.4 is 10.1 Å². The molecule has 0 aliphatic carbocycles. The zero-order valence-corrected chi connectivity index (χ0v) is 21.1. The molecule has 8 heteroatoms. The van der Waals surface area contributed by atoms with E-state index in [-0.39, 0.29) is 5.91 Å². The van der Waals surface area contributed by atoms with Crippen molar-refractivity contribution < 1.29 is 14.3 Å². The first-order valence-corrected chi connectivity index (χ1v) is 12.2. The summed E-state index contributed by atoms with van der Waals surface area (Å²) in [7, 11) is 0. The smallest absolute Gasteiger partial charge is 0.255 e. The molecule has 0 saturated carbocycles. The minimum absolute atomic E-state index is 0.200. The number of imidazole rings is 1. The highest BCUT2D eigenvalue weighted by Crippen LogP contribution is 2.28. The number of amides is 1. The summed E-state index contributed by atoms with van der Waals surface area (Å²) in [6.45, 7) is 7.58. The van der Waals surface area contributed by atoms with Crippen LogP contribution in [0, 0.1) is 13.8 Å². The summed E-state index contributed by atoms with van der Waals surface area (Å²) in [4.78, 5) is 17.3. The second-order valence-corrected chi connectivity index (χ2v) is 8.72. The summed E-state index contributed by atoms with van der Waals surface area (Å²) < 4.78 is 14.9. The Morgan fingerprint density at radius 3 is 2.70 bits per heavy atom. The number of rotatable bonds is 9. The Labute approximate surface area is 215 Å². The largest absolute Gasteiger partial charge is 0.491 e. The number of hydrogen-bond donors (Lipinski definition) is 1. The van der Waals surface area contributed by atoms with Crippen LogP contribution in [0.25, 0.3) is 22.6 Å². The molecule has 0 aliphatic heterocycles. The highest BCUT2D eigenvalue weighted by Gasteiger charge is 2.15. The fourth-order valence-corrected chi connectivity index (χ4v) is 4.26. The fraction of sp³-hybridized carbons (Fsp3) is 0.207. The normalized spacial score (nSPS) is 11.1. The molecule has 2 aromatic carbocycles. The maximum atomic E-state index is 13.1. The molecule has 1 amide bonds. The van der Waals surface area contributed by atoms with Crippen LogP contribution in [0.3, 0.4) is 0 Å². The molecule has 8 nitrogen and oxygen atoms in total. The van der Waals surface area contributed by atoms with Crippen LogP contribution in [0.4, 0.5) is 5.69 Å². The number of nitrogens with zero attached hydrogens (tertiary/aromatic N) is 4. The monoisotopic (exact) mass is 495 g/mol. The lowest BCUT2D eigenvalue weighted by molar-refractivity contribution is 0.102. The van der Waals surface area contributed by atoms with Gasteiger partial charge in [-0.2, -0.15) is 5.10 Å². The summed E-state index contributed by atoms with van der Waals surface area (Å²) in [5, 5.41) is 7.77. The first kappa shape index (κ1) is 24.3. The van der Waals surface area contributed by atoms with E-state index in [1.165, 1.54) is 0 Å². The first-order valence-electron chi connectivity index (χ1n) is 12.2. The number of anilines is 1. The standard InChI is InChI=1S/C29H29N5O3/c1-4-36-13-14-37-24-9-5-7-22(16-24)29(35)31-25-17-27(21(3)15-20(25)2)33-11-12-34-28(33)18-26(32-34)23-8-6-10-30-19-23/h5-12,15-19H,4,13-14H2,1-3H3,(H,31,35). The summed E-state index contributed by atoms with van der Waals surface area (Å²) in [5.74, 6) is 0.433. The third-order valence-corrected chi connectivity index (χ3v) is 6.12. The van der Waals surface area contributed by atoms with Crippen LogP contribution in [0.5, 0.6) is 5.75 Å². The quantitative estimate of drug-likeness (QED) is 0.274. The Balaban J connectivity index is 1.40. The van der Waals surface area contributed by atoms with Crippen molar-refractivity contribution >= 4 is 17.2 Å². The molecule has 0 atom stereocenters. The van der Waals surface area contributed by atoms with Crippen molar-refractivity contribution in [3.8, 4) is 22.7 Å². The van der Waals surface area contributed by atoms with Crippen LogP contribution in [0.2, 0.25) is 0 Å². The summed E-state index contributed by atoms with van der Waals surface area (Å²) >= 11 is 0. The van der Waals surface area contributed by atoms with Gasteiger partial charge in [-0.25, -0.2) is 4.52 Å². The van der Waals surface area contributed by atoms with Gasteiger partial charge in [-0.1, -0.05) is 12.1 Å². The molecule has 5 rings (SSSR count). The second kappa shape index (κ2) is 10.7. The lowest BCUT2D eigenvalue weighted by atomic mass is 10.1. The van der Waals surface area contributed by atoms with Crippen LogP contribution in [0.15, 0.2) is 79.4 Å². The number of carbonyl (C=O) groups excluding carboxylic acids is 1. The minimum atomic E-state index is -0.200. The van der Waals surface area contributed by atoms with E-state index in [4.69, 9.17) is 14.6 Å². The van der Waals surface area contributed by atoms with Gasteiger partial charge in [-0.05, 0) is 68.3 Å². The third-order valence-electron chi connectivity index (χ3n) is 6.12. The Hall–Kier alpha value is -4.43. The molecule has 0 radical (unpaired) electrons. The van der Waals surface area contributed by atoms with Gasteiger partial charge < -0.3 is 14.8 Å². The Morgan fingerprint density at radius 2 is 1.89 bits per heavy atom. The van der Waals surface area contributed by atoms with E-state index in [2.05, 4.69) is 27.9 Å². The van der Waals surface area contributed by atoms with Crippen LogP contribution in [-0.2, 0) is 4.74 Å². The van der Waals surface area contributed by atoms with Gasteiger partial charge >= 0.3 is 0 Å². The van der Waals surface area contributed by atoms with Gasteiger partial charge in [0.15, 0.2) is 0 Å². The van der Waals surface area contributed by atoms with Crippen molar-refractivity contribution in [1.29, 1.82) is 0 Å². The molecule has 3 heterocycles. The number of ether oxygens (including phenoxy) is 2. The molecule has 1 N–H and O–H groups in total. The topological polar surface area (TPSA) is 82.7 Å². The molecule has 37 heavy (non-hydrogen) atoms. The van der Waals surface area contributed by atoms with E-state index in [0.29, 0.717) is 31.1 Å². The summed E-state index contributed by atoms with van der Waals surface area (Å²) in [6.07, 6.45) is 7.44. The molecular weight excluding hydrogens is 466 g/mol. The van der Waals surface area contributed by atoms with Crippen LogP contribution in [-0.4, -0.2) is 44.9 Å². The van der Waals surface area contributed by atoms with Gasteiger partial charge in [-0.3, -0.25) is 14.3 Å². The van der Waals surface area contributed by atoms with Gasteiger partial charge in [-0.15, -0.1) is 0 Å². The SMILES string of the molecule is CCOCCOc1cccc(C(=O)Nc2cc(-n3ccn4nc(-c5cccnc5)cc34)c(C)cc2C)c1. The maximum absolute atomic E-state index is 13.1. The average Bonchev–Trinajstić information content (AvgIpc) is 3.50. The first-order chi connectivity index (χ1) is 18.0. The number of aromatic nitrogens is 4. The third kappa shape index (κ3) is 5.24. The van der Waals surface area contributed by atoms with Crippen molar-refractivity contribution in [2.75, 3.05) is 25.1 Å². The van der Waals surface area contributed by atoms with E-state index in [1.54, 1.807) is 24.5 Å². The Bertz CT molecular complexity index is 1540. The molecule has 3 aromatic heterocycles. The van der Waals surface area contributed by atoms with Crippen LogP contribution in [0.1, 0.15) is 28.4 Å². The predicted molar refractivity (Wildman–Crippen MR) is 144 cm³/mol. The predicted octanol–water partition coefficient (Wildman–Crippen LogP) is 5.47. The molecule has 0 saturated heterocycles. The van der Waals surface area contributed by atoms with E-state index in [0.717, 1.165) is 39.4 Å². The van der Waals surface area contributed by atoms with Crippen molar-refractivity contribution in [3.63, 3.8) is 0 Å². The van der Waals surface area contributed by atoms with Gasteiger partial charge in [0, 0.05) is 54.3 Å². The molecule has 0 unspecified atom stereocenters. The number of pyridine rings is 1. The Morgan fingerprint density at radius 1 is 1.00 bits per heavy atom. The number of carbonyl (C=O) groups is 1. The van der Waals surface area contributed by atoms with E-state index in [9.17, 15) is 4.79 Å². The van der Waals surface area contributed by atoms with Crippen molar-refractivity contribution in [2.24, 2.45) is 0 Å².